The Balaban J connectivity index is 1.51. The molecule has 2 unspecified atom stereocenters. The molecule has 8 nitrogen and oxygen atoms in total. The zero-order chi connectivity index (χ0) is 22.9. The first-order valence-electron chi connectivity index (χ1n) is 9.95. The SMILES string of the molecule is COC(=O)C1C(=O)NC(N2CCN(c3cccc(C(F)(F)F)c3)CC2)=NC1c1ccco1. The molecule has 1 aromatic heterocycles. The lowest BCUT2D eigenvalue weighted by molar-refractivity contribution is -0.151. The maximum atomic E-state index is 13.0. The Bertz CT molecular complexity index is 1010. The van der Waals surface area contributed by atoms with Gasteiger partial charge in [0.05, 0.1) is 18.9 Å². The van der Waals surface area contributed by atoms with Crippen molar-refractivity contribution in [2.45, 2.75) is 12.2 Å². The van der Waals surface area contributed by atoms with Gasteiger partial charge >= 0.3 is 12.1 Å². The lowest BCUT2D eigenvalue weighted by atomic mass is 9.95. The summed E-state index contributed by atoms with van der Waals surface area (Å²) in [5.41, 5.74) is -0.218. The second-order valence-electron chi connectivity index (χ2n) is 7.43. The molecule has 0 bridgehead atoms. The highest BCUT2D eigenvalue weighted by molar-refractivity contribution is 6.08. The number of hydrogen-bond donors (Lipinski definition) is 1. The molecule has 0 saturated carbocycles. The van der Waals surface area contributed by atoms with Crippen molar-refractivity contribution in [1.82, 2.24) is 10.2 Å². The number of aliphatic imine (C=N–C) groups is 1. The van der Waals surface area contributed by atoms with Gasteiger partial charge in [-0.15, -0.1) is 0 Å². The second kappa shape index (κ2) is 8.56. The summed E-state index contributed by atoms with van der Waals surface area (Å²) in [5.74, 6) is -1.80. The first-order chi connectivity index (χ1) is 15.3. The van der Waals surface area contributed by atoms with E-state index in [2.05, 4.69) is 10.3 Å². The predicted molar refractivity (Wildman–Crippen MR) is 108 cm³/mol. The van der Waals surface area contributed by atoms with Crippen LogP contribution in [0, 0.1) is 5.92 Å². The summed E-state index contributed by atoms with van der Waals surface area (Å²) in [6, 6.07) is 7.59. The van der Waals surface area contributed by atoms with E-state index in [4.69, 9.17) is 9.15 Å². The molecule has 1 amide bonds. The van der Waals surface area contributed by atoms with Gasteiger partial charge in [0.1, 0.15) is 11.8 Å². The summed E-state index contributed by atoms with van der Waals surface area (Å²) >= 11 is 0. The average Bonchev–Trinajstić information content (AvgIpc) is 3.32. The normalized spacial score (nSPS) is 21.8. The number of anilines is 1. The van der Waals surface area contributed by atoms with Crippen LogP contribution < -0.4 is 10.2 Å². The molecule has 0 spiro atoms. The van der Waals surface area contributed by atoms with Gasteiger partial charge in [0.25, 0.3) is 0 Å². The average molecular weight is 450 g/mol. The highest BCUT2D eigenvalue weighted by Crippen LogP contribution is 2.33. The molecule has 2 atom stereocenters. The van der Waals surface area contributed by atoms with E-state index in [0.717, 1.165) is 12.1 Å². The summed E-state index contributed by atoms with van der Waals surface area (Å²) < 4.78 is 49.2. The first kappa shape index (κ1) is 21.7. The Morgan fingerprint density at radius 3 is 2.50 bits per heavy atom. The van der Waals surface area contributed by atoms with Gasteiger partial charge in [-0.3, -0.25) is 14.9 Å². The number of esters is 1. The number of nitrogens with zero attached hydrogens (tertiary/aromatic N) is 3. The van der Waals surface area contributed by atoms with Gasteiger partial charge in [0.2, 0.25) is 11.9 Å². The fourth-order valence-electron chi connectivity index (χ4n) is 3.84. The van der Waals surface area contributed by atoms with Crippen LogP contribution in [-0.2, 0) is 20.5 Å². The number of carbonyl (C=O) groups excluding carboxylic acids is 2. The number of piperazine rings is 1. The van der Waals surface area contributed by atoms with E-state index >= 15 is 0 Å². The fraction of sp³-hybridized carbons (Fsp3) is 0.381. The highest BCUT2D eigenvalue weighted by atomic mass is 19.4. The molecule has 1 aromatic carbocycles. The summed E-state index contributed by atoms with van der Waals surface area (Å²) in [4.78, 5) is 33.1. The van der Waals surface area contributed by atoms with Crippen LogP contribution in [0.2, 0.25) is 0 Å². The molecule has 2 aromatic rings. The van der Waals surface area contributed by atoms with Crippen LogP contribution in [0.15, 0.2) is 52.1 Å². The molecule has 4 rings (SSSR count). The van der Waals surface area contributed by atoms with Crippen LogP contribution >= 0.6 is 0 Å². The smallest absolute Gasteiger partial charge is 0.416 e. The maximum Gasteiger partial charge on any atom is 0.416 e. The first-order valence-corrected chi connectivity index (χ1v) is 9.95. The zero-order valence-electron chi connectivity index (χ0n) is 17.1. The lowest BCUT2D eigenvalue weighted by Crippen LogP contribution is -2.57. The van der Waals surface area contributed by atoms with Crippen LogP contribution in [0.1, 0.15) is 17.4 Å². The Morgan fingerprint density at radius 2 is 1.88 bits per heavy atom. The molecule has 2 aliphatic rings. The molecule has 1 N–H and O–H groups in total. The van der Waals surface area contributed by atoms with Gasteiger partial charge in [-0.25, -0.2) is 4.99 Å². The minimum absolute atomic E-state index is 0.292. The summed E-state index contributed by atoms with van der Waals surface area (Å²) in [6.07, 6.45) is -2.98. The third-order valence-electron chi connectivity index (χ3n) is 5.50. The van der Waals surface area contributed by atoms with E-state index in [-0.39, 0.29) is 0 Å². The summed E-state index contributed by atoms with van der Waals surface area (Å²) in [7, 11) is 1.20. The molecular formula is C21H21F3N4O4. The number of hydrogen-bond acceptors (Lipinski definition) is 7. The van der Waals surface area contributed by atoms with Crippen LogP contribution in [0.25, 0.3) is 0 Å². The minimum Gasteiger partial charge on any atom is -0.468 e. The predicted octanol–water partition coefficient (Wildman–Crippen LogP) is 2.44. The third kappa shape index (κ3) is 4.27. The molecular weight excluding hydrogens is 429 g/mol. The van der Waals surface area contributed by atoms with Crippen LogP contribution in [-0.4, -0.2) is 56.0 Å². The van der Waals surface area contributed by atoms with Crippen molar-refractivity contribution in [2.24, 2.45) is 10.9 Å². The molecule has 0 radical (unpaired) electrons. The van der Waals surface area contributed by atoms with E-state index < -0.39 is 35.6 Å². The van der Waals surface area contributed by atoms with Crippen molar-refractivity contribution >= 4 is 23.5 Å². The molecule has 170 valence electrons. The fourth-order valence-corrected chi connectivity index (χ4v) is 3.84. The zero-order valence-corrected chi connectivity index (χ0v) is 17.1. The van der Waals surface area contributed by atoms with Crippen LogP contribution in [0.3, 0.4) is 0 Å². The standard InChI is InChI=1S/C21H21F3N4O4/c1-31-19(30)16-17(15-6-3-11-32-15)25-20(26-18(16)29)28-9-7-27(8-10-28)14-5-2-4-13(12-14)21(22,23)24/h2-6,11-12,16-17H,7-10H2,1H3,(H,25,26,29). The van der Waals surface area contributed by atoms with E-state index in [0.29, 0.717) is 43.6 Å². The molecule has 11 heteroatoms. The van der Waals surface area contributed by atoms with E-state index in [1.165, 1.54) is 19.4 Å². The van der Waals surface area contributed by atoms with Crippen molar-refractivity contribution in [3.8, 4) is 0 Å². The molecule has 1 saturated heterocycles. The van der Waals surface area contributed by atoms with Crippen molar-refractivity contribution in [3.05, 3.63) is 54.0 Å². The number of furan rings is 1. The molecule has 32 heavy (non-hydrogen) atoms. The van der Waals surface area contributed by atoms with Crippen LogP contribution in [0.5, 0.6) is 0 Å². The lowest BCUT2D eigenvalue weighted by Gasteiger charge is -2.39. The largest absolute Gasteiger partial charge is 0.468 e. The number of ether oxygens (including phenoxy) is 1. The number of methoxy groups -OCH3 is 1. The maximum absolute atomic E-state index is 13.0. The Kier molecular flexibility index (Phi) is 5.81. The van der Waals surface area contributed by atoms with E-state index in [1.54, 1.807) is 18.2 Å². The van der Waals surface area contributed by atoms with Crippen molar-refractivity contribution < 1.29 is 31.9 Å². The molecule has 3 heterocycles. The van der Waals surface area contributed by atoms with Crippen molar-refractivity contribution in [3.63, 3.8) is 0 Å². The van der Waals surface area contributed by atoms with Crippen LogP contribution in [0.4, 0.5) is 18.9 Å². The quantitative estimate of drug-likeness (QED) is 0.571. The monoisotopic (exact) mass is 450 g/mol. The molecule has 2 aliphatic heterocycles. The number of alkyl halides is 3. The summed E-state index contributed by atoms with van der Waals surface area (Å²) in [6.45, 7) is 1.70. The van der Waals surface area contributed by atoms with Gasteiger partial charge in [-0.05, 0) is 30.3 Å². The number of rotatable bonds is 3. The summed E-state index contributed by atoms with van der Waals surface area (Å²) in [5, 5.41) is 2.65. The van der Waals surface area contributed by atoms with Gasteiger partial charge in [0, 0.05) is 31.9 Å². The van der Waals surface area contributed by atoms with Gasteiger partial charge in [-0.2, -0.15) is 13.2 Å². The van der Waals surface area contributed by atoms with Gasteiger partial charge in [-0.1, -0.05) is 6.07 Å². The Hall–Kier alpha value is -3.50. The van der Waals surface area contributed by atoms with Crippen molar-refractivity contribution in [2.75, 3.05) is 38.2 Å². The number of halogens is 3. The molecule has 1 fully saturated rings. The topological polar surface area (TPSA) is 87.4 Å². The third-order valence-corrected chi connectivity index (χ3v) is 5.50. The van der Waals surface area contributed by atoms with Gasteiger partial charge in [0.15, 0.2) is 5.92 Å². The van der Waals surface area contributed by atoms with E-state index in [1.807, 2.05) is 9.80 Å². The number of carbonyl (C=O) groups is 2. The van der Waals surface area contributed by atoms with Gasteiger partial charge < -0.3 is 19.0 Å². The number of nitrogens with one attached hydrogen (secondary N) is 1. The molecule has 0 aliphatic carbocycles. The Labute approximate surface area is 181 Å². The van der Waals surface area contributed by atoms with Crippen molar-refractivity contribution in [1.29, 1.82) is 0 Å². The number of benzene rings is 1. The van der Waals surface area contributed by atoms with E-state index in [9.17, 15) is 22.8 Å². The number of amides is 1. The minimum atomic E-state index is -4.41. The number of guanidine groups is 1. The second-order valence-corrected chi connectivity index (χ2v) is 7.43. The highest BCUT2D eigenvalue weighted by Gasteiger charge is 2.43. The Morgan fingerprint density at radius 1 is 1.16 bits per heavy atom.